The fourth-order valence-corrected chi connectivity index (χ4v) is 4.02. The summed E-state index contributed by atoms with van der Waals surface area (Å²) in [6, 6.07) is 13.6. The molecule has 2 aromatic carbocycles. The van der Waals surface area contributed by atoms with Gasteiger partial charge in [-0.1, -0.05) is 41.9 Å². The summed E-state index contributed by atoms with van der Waals surface area (Å²) in [5.41, 5.74) is 1.71. The molecule has 0 aliphatic rings. The topological polar surface area (TPSA) is 65.5 Å². The molecule has 0 saturated carbocycles. The maximum atomic E-state index is 12.5. The lowest BCUT2D eigenvalue weighted by Gasteiger charge is -2.08. The summed E-state index contributed by atoms with van der Waals surface area (Å²) >= 11 is 8.26. The van der Waals surface area contributed by atoms with Gasteiger partial charge in [0.2, 0.25) is 0 Å². The van der Waals surface area contributed by atoms with Crippen molar-refractivity contribution in [2.45, 2.75) is 17.1 Å². The van der Waals surface area contributed by atoms with E-state index in [1.165, 1.54) is 10.9 Å². The molecular formula is C17H13ClF2N4S2. The van der Waals surface area contributed by atoms with Crippen LogP contribution in [0.2, 0.25) is 5.02 Å². The van der Waals surface area contributed by atoms with Crippen LogP contribution in [0.25, 0.3) is 10.9 Å². The van der Waals surface area contributed by atoms with Crippen molar-refractivity contribution in [2.75, 3.05) is 0 Å². The number of thioether (sulfide) groups is 2. The van der Waals surface area contributed by atoms with Crippen molar-refractivity contribution in [3.63, 3.8) is 0 Å². The van der Waals surface area contributed by atoms with E-state index < -0.39 is 11.5 Å². The number of halogens is 3. The molecule has 1 heterocycles. The molecule has 0 spiro atoms. The van der Waals surface area contributed by atoms with Crippen molar-refractivity contribution in [2.24, 2.45) is 0 Å². The second-order valence-electron chi connectivity index (χ2n) is 5.24. The van der Waals surface area contributed by atoms with Gasteiger partial charge in [-0.05, 0) is 29.5 Å². The molecule has 1 aromatic heterocycles. The average Bonchev–Trinajstić information content (AvgIpc) is 3.05. The second kappa shape index (κ2) is 8.20. The van der Waals surface area contributed by atoms with Crippen LogP contribution >= 0.6 is 35.1 Å². The molecule has 0 atom stereocenters. The van der Waals surface area contributed by atoms with Crippen molar-refractivity contribution in [3.05, 3.63) is 59.2 Å². The number of hydrogen-bond donors (Lipinski definition) is 2. The van der Waals surface area contributed by atoms with Gasteiger partial charge in [0.25, 0.3) is 6.43 Å². The number of aromatic nitrogens is 2. The lowest BCUT2D eigenvalue weighted by atomic mass is 10.2. The minimum atomic E-state index is -2.91. The zero-order chi connectivity index (χ0) is 18.7. The summed E-state index contributed by atoms with van der Waals surface area (Å²) < 4.78 is 26.3. The number of benzene rings is 2. The van der Waals surface area contributed by atoms with Crippen molar-refractivity contribution >= 4 is 56.2 Å². The quantitative estimate of drug-likeness (QED) is 0.327. The molecule has 0 amide bonds. The number of hydrogen-bond acceptors (Lipinski definition) is 5. The van der Waals surface area contributed by atoms with Crippen molar-refractivity contribution in [3.8, 4) is 0 Å². The molecule has 0 fully saturated rings. The molecule has 0 radical (unpaired) electrons. The predicted molar refractivity (Wildman–Crippen MR) is 105 cm³/mol. The minimum absolute atomic E-state index is 0.272. The first-order valence-corrected chi connectivity index (χ1v) is 9.61. The first-order valence-electron chi connectivity index (χ1n) is 7.43. The molecule has 4 nitrogen and oxygen atoms in total. The van der Waals surface area contributed by atoms with E-state index in [-0.39, 0.29) is 5.17 Å². The smallest absolute Gasteiger partial charge is 0.286 e. The standard InChI is InChI=1S/C17H13ClF2N4S2/c18-13-6-11(25-9-10-4-2-1-3-5-10)7-14-12(13)8-23-24(14)17(22)26-16(21)15(19)20/h1-8,15,21-22H,9H2. The molecule has 0 aliphatic heterocycles. The predicted octanol–water partition coefficient (Wildman–Crippen LogP) is 5.74. The number of alkyl halides is 2. The Morgan fingerprint density at radius 1 is 1.19 bits per heavy atom. The highest BCUT2D eigenvalue weighted by Gasteiger charge is 2.18. The van der Waals surface area contributed by atoms with E-state index in [1.54, 1.807) is 11.8 Å². The van der Waals surface area contributed by atoms with Gasteiger partial charge in [-0.2, -0.15) is 5.10 Å². The van der Waals surface area contributed by atoms with Crippen LogP contribution in [0.15, 0.2) is 53.6 Å². The fourth-order valence-electron chi connectivity index (χ4n) is 2.24. The van der Waals surface area contributed by atoms with Crippen molar-refractivity contribution < 1.29 is 8.78 Å². The number of nitrogens with zero attached hydrogens (tertiary/aromatic N) is 2. The lowest BCUT2D eigenvalue weighted by Crippen LogP contribution is -2.14. The van der Waals surface area contributed by atoms with Crippen LogP contribution in [0.3, 0.4) is 0 Å². The minimum Gasteiger partial charge on any atom is -0.293 e. The van der Waals surface area contributed by atoms with E-state index >= 15 is 0 Å². The highest BCUT2D eigenvalue weighted by Crippen LogP contribution is 2.32. The molecule has 2 N–H and O–H groups in total. The van der Waals surface area contributed by atoms with Crippen LogP contribution in [0.1, 0.15) is 5.56 Å². The van der Waals surface area contributed by atoms with E-state index in [9.17, 15) is 8.78 Å². The van der Waals surface area contributed by atoms with Gasteiger partial charge in [-0.3, -0.25) is 10.8 Å². The van der Waals surface area contributed by atoms with Crippen molar-refractivity contribution in [1.82, 2.24) is 9.78 Å². The molecule has 3 aromatic rings. The Kier molecular flexibility index (Phi) is 5.95. The Balaban J connectivity index is 1.86. The van der Waals surface area contributed by atoms with E-state index in [0.29, 0.717) is 27.7 Å². The van der Waals surface area contributed by atoms with Gasteiger partial charge >= 0.3 is 0 Å². The third kappa shape index (κ3) is 4.25. The van der Waals surface area contributed by atoms with Gasteiger partial charge in [-0.25, -0.2) is 13.5 Å². The average molecular weight is 411 g/mol. The Morgan fingerprint density at radius 2 is 1.92 bits per heavy atom. The number of nitrogens with one attached hydrogen (secondary N) is 2. The van der Waals surface area contributed by atoms with Gasteiger partial charge < -0.3 is 0 Å². The van der Waals surface area contributed by atoms with Crippen LogP contribution in [0, 0.1) is 10.8 Å². The number of fused-ring (bicyclic) bond motifs is 1. The molecule has 0 unspecified atom stereocenters. The summed E-state index contributed by atoms with van der Waals surface area (Å²) in [6.45, 7) is 0. The van der Waals surface area contributed by atoms with Crippen LogP contribution in [0.5, 0.6) is 0 Å². The maximum Gasteiger partial charge on any atom is 0.286 e. The summed E-state index contributed by atoms with van der Waals surface area (Å²) in [4.78, 5) is 0.884. The van der Waals surface area contributed by atoms with Gasteiger partial charge in [0.1, 0.15) is 5.04 Å². The Bertz CT molecular complexity index is 960. The van der Waals surface area contributed by atoms with Crippen LogP contribution < -0.4 is 0 Å². The zero-order valence-corrected chi connectivity index (χ0v) is 15.6. The first-order chi connectivity index (χ1) is 12.5. The van der Waals surface area contributed by atoms with Gasteiger partial charge in [-0.15, -0.1) is 11.8 Å². The molecule has 9 heteroatoms. The zero-order valence-electron chi connectivity index (χ0n) is 13.2. The van der Waals surface area contributed by atoms with Crippen LogP contribution in [-0.4, -0.2) is 26.4 Å². The first kappa shape index (κ1) is 18.9. The van der Waals surface area contributed by atoms with Crippen LogP contribution in [0.4, 0.5) is 8.78 Å². The fraction of sp³-hybridized carbons (Fsp3) is 0.118. The largest absolute Gasteiger partial charge is 0.293 e. The molecule has 0 aliphatic carbocycles. The SMILES string of the molecule is N=C(SC(=N)n1ncc2c(Cl)cc(SCc3ccccc3)cc21)C(F)F. The third-order valence-corrected chi connectivity index (χ3v) is 5.58. The van der Waals surface area contributed by atoms with Crippen molar-refractivity contribution in [1.29, 1.82) is 10.8 Å². The molecule has 134 valence electrons. The Labute approximate surface area is 161 Å². The summed E-state index contributed by atoms with van der Waals surface area (Å²) in [6.07, 6.45) is -1.42. The van der Waals surface area contributed by atoms with Gasteiger partial charge in [0.05, 0.1) is 16.7 Å². The Hall–Kier alpha value is -1.90. The van der Waals surface area contributed by atoms with E-state index in [4.69, 9.17) is 22.4 Å². The molecule has 3 rings (SSSR count). The monoisotopic (exact) mass is 410 g/mol. The maximum absolute atomic E-state index is 12.5. The molecule has 0 bridgehead atoms. The van der Waals surface area contributed by atoms with Gasteiger partial charge in [0, 0.05) is 16.0 Å². The highest BCUT2D eigenvalue weighted by molar-refractivity contribution is 8.26. The number of rotatable bonds is 4. The normalized spacial score (nSPS) is 11.2. The molecule has 0 saturated heterocycles. The summed E-state index contributed by atoms with van der Waals surface area (Å²) in [7, 11) is 0. The lowest BCUT2D eigenvalue weighted by molar-refractivity contribution is 0.228. The summed E-state index contributed by atoms with van der Waals surface area (Å²) in [5.74, 6) is 0.749. The molecular weight excluding hydrogens is 398 g/mol. The van der Waals surface area contributed by atoms with Gasteiger partial charge in [0.15, 0.2) is 5.17 Å². The van der Waals surface area contributed by atoms with E-state index in [2.05, 4.69) is 5.10 Å². The highest BCUT2D eigenvalue weighted by atomic mass is 35.5. The Morgan fingerprint density at radius 3 is 2.62 bits per heavy atom. The summed E-state index contributed by atoms with van der Waals surface area (Å²) in [5, 5.41) is 19.2. The molecule has 26 heavy (non-hydrogen) atoms. The third-order valence-electron chi connectivity index (χ3n) is 3.46. The second-order valence-corrected chi connectivity index (χ2v) is 7.73. The van der Waals surface area contributed by atoms with Crippen LogP contribution in [-0.2, 0) is 5.75 Å². The van der Waals surface area contributed by atoms with E-state index in [0.717, 1.165) is 16.2 Å². The van der Waals surface area contributed by atoms with E-state index in [1.807, 2.05) is 42.5 Å².